The minimum absolute atomic E-state index is 0.0256. The lowest BCUT2D eigenvalue weighted by atomic mass is 9.91. The molecule has 8 heteroatoms. The Morgan fingerprint density at radius 2 is 1.96 bits per heavy atom. The van der Waals surface area contributed by atoms with Crippen molar-refractivity contribution in [2.24, 2.45) is 0 Å². The third-order valence-corrected chi connectivity index (χ3v) is 4.36. The zero-order valence-corrected chi connectivity index (χ0v) is 13.6. The Labute approximate surface area is 144 Å². The molecule has 0 bridgehead atoms. The lowest BCUT2D eigenvalue weighted by Crippen LogP contribution is -2.38. The molecule has 1 aliphatic carbocycles. The van der Waals surface area contributed by atoms with E-state index in [1.54, 1.807) is 0 Å². The summed E-state index contributed by atoms with van der Waals surface area (Å²) in [4.78, 5) is 11.9. The zero-order chi connectivity index (χ0) is 17.6. The number of nitrogens with zero attached hydrogens (tertiary/aromatic N) is 3. The highest BCUT2D eigenvalue weighted by Crippen LogP contribution is 2.28. The van der Waals surface area contributed by atoms with Crippen molar-refractivity contribution >= 4 is 6.09 Å². The number of carbonyl (C=O) groups is 1. The molecule has 1 N–H and O–H groups in total. The van der Waals surface area contributed by atoms with Crippen molar-refractivity contribution in [3.05, 3.63) is 47.8 Å². The summed E-state index contributed by atoms with van der Waals surface area (Å²) in [6.45, 7) is 0.234. The maximum absolute atomic E-state index is 12.6. The Kier molecular flexibility index (Phi) is 5.57. The van der Waals surface area contributed by atoms with Crippen LogP contribution < -0.4 is 5.32 Å². The molecular weight excluding hydrogens is 330 g/mol. The van der Waals surface area contributed by atoms with Gasteiger partial charge in [-0.3, -0.25) is 0 Å². The summed E-state index contributed by atoms with van der Waals surface area (Å²) >= 11 is 0. The number of halogens is 2. The Bertz CT molecular complexity index is 685. The second-order valence-electron chi connectivity index (χ2n) is 6.14. The summed E-state index contributed by atoms with van der Waals surface area (Å²) in [5.74, 6) is 0. The lowest BCUT2D eigenvalue weighted by Gasteiger charge is -2.28. The highest BCUT2D eigenvalue weighted by Gasteiger charge is 2.25. The van der Waals surface area contributed by atoms with Crippen molar-refractivity contribution in [1.82, 2.24) is 20.3 Å². The molecular formula is C17H20F2N4O2. The lowest BCUT2D eigenvalue weighted by molar-refractivity contribution is 0.131. The summed E-state index contributed by atoms with van der Waals surface area (Å²) in [6.07, 6.45) is 1.24. The number of alkyl carbamates (subject to hydrolysis) is 1. The molecule has 1 aliphatic rings. The van der Waals surface area contributed by atoms with E-state index in [2.05, 4.69) is 15.6 Å². The number of hydrogen-bond acceptors (Lipinski definition) is 4. The van der Waals surface area contributed by atoms with E-state index in [9.17, 15) is 13.6 Å². The topological polar surface area (TPSA) is 69.0 Å². The zero-order valence-electron chi connectivity index (χ0n) is 13.6. The predicted octanol–water partition coefficient (Wildman–Crippen LogP) is 3.63. The number of nitrogens with one attached hydrogen (secondary N) is 1. The monoisotopic (exact) mass is 350 g/mol. The molecule has 0 unspecified atom stereocenters. The van der Waals surface area contributed by atoms with Gasteiger partial charge in [-0.05, 0) is 31.2 Å². The SMILES string of the molecule is O=C(NC1CCC(n2cc(C(F)F)nn2)CC1)OCc1ccccc1. The van der Waals surface area contributed by atoms with Crippen LogP contribution >= 0.6 is 0 Å². The third-order valence-electron chi connectivity index (χ3n) is 4.36. The molecule has 1 heterocycles. The molecule has 134 valence electrons. The molecule has 0 spiro atoms. The summed E-state index contributed by atoms with van der Waals surface area (Å²) in [6, 6.07) is 9.54. The maximum Gasteiger partial charge on any atom is 0.407 e. The quantitative estimate of drug-likeness (QED) is 0.894. The molecule has 1 saturated carbocycles. The van der Waals surface area contributed by atoms with Crippen molar-refractivity contribution in [3.63, 3.8) is 0 Å². The van der Waals surface area contributed by atoms with E-state index in [1.165, 1.54) is 10.9 Å². The summed E-state index contributed by atoms with van der Waals surface area (Å²) < 4.78 is 31.9. The van der Waals surface area contributed by atoms with Gasteiger partial charge in [-0.1, -0.05) is 35.5 Å². The number of carbonyl (C=O) groups excluding carboxylic acids is 1. The second kappa shape index (κ2) is 8.04. The van der Waals surface area contributed by atoms with E-state index < -0.39 is 12.5 Å². The average Bonchev–Trinajstić information content (AvgIpc) is 3.12. The highest BCUT2D eigenvalue weighted by atomic mass is 19.3. The summed E-state index contributed by atoms with van der Waals surface area (Å²) in [5.41, 5.74) is 0.632. The fraction of sp³-hybridized carbons (Fsp3) is 0.471. The Hall–Kier alpha value is -2.51. The first-order valence-electron chi connectivity index (χ1n) is 8.29. The van der Waals surface area contributed by atoms with Gasteiger partial charge in [0, 0.05) is 6.04 Å². The maximum atomic E-state index is 12.6. The molecule has 25 heavy (non-hydrogen) atoms. The molecule has 6 nitrogen and oxygen atoms in total. The first-order valence-corrected chi connectivity index (χ1v) is 8.29. The van der Waals surface area contributed by atoms with E-state index in [4.69, 9.17) is 4.74 Å². The largest absolute Gasteiger partial charge is 0.445 e. The van der Waals surface area contributed by atoms with Gasteiger partial charge in [-0.15, -0.1) is 5.10 Å². The normalized spacial score (nSPS) is 20.4. The number of hydrogen-bond donors (Lipinski definition) is 1. The van der Waals surface area contributed by atoms with Crippen molar-refractivity contribution < 1.29 is 18.3 Å². The molecule has 1 fully saturated rings. The Morgan fingerprint density at radius 3 is 2.60 bits per heavy atom. The van der Waals surface area contributed by atoms with Crippen LogP contribution in [0.1, 0.15) is 49.4 Å². The summed E-state index contributed by atoms with van der Waals surface area (Å²) in [7, 11) is 0. The van der Waals surface area contributed by atoms with Crippen LogP contribution in [0.4, 0.5) is 13.6 Å². The number of amides is 1. The van der Waals surface area contributed by atoms with Gasteiger partial charge in [0.25, 0.3) is 6.43 Å². The predicted molar refractivity (Wildman–Crippen MR) is 86.0 cm³/mol. The first kappa shape index (κ1) is 17.3. The number of rotatable bonds is 5. The molecule has 1 amide bonds. The van der Waals surface area contributed by atoms with Crippen LogP contribution in [0.15, 0.2) is 36.5 Å². The molecule has 1 aromatic carbocycles. The number of benzene rings is 1. The van der Waals surface area contributed by atoms with E-state index in [-0.39, 0.29) is 24.4 Å². The Balaban J connectivity index is 1.42. The first-order chi connectivity index (χ1) is 12.1. The summed E-state index contributed by atoms with van der Waals surface area (Å²) in [5, 5.41) is 10.1. The molecule has 2 aromatic rings. The number of aromatic nitrogens is 3. The average molecular weight is 350 g/mol. The van der Waals surface area contributed by atoms with Crippen LogP contribution in [0.2, 0.25) is 0 Å². The highest BCUT2D eigenvalue weighted by molar-refractivity contribution is 5.67. The van der Waals surface area contributed by atoms with Gasteiger partial charge >= 0.3 is 6.09 Å². The van der Waals surface area contributed by atoms with Crippen molar-refractivity contribution in [2.45, 2.75) is 50.8 Å². The number of alkyl halides is 2. The van der Waals surface area contributed by atoms with Crippen molar-refractivity contribution in [1.29, 1.82) is 0 Å². The van der Waals surface area contributed by atoms with Gasteiger partial charge in [-0.25, -0.2) is 18.3 Å². The van der Waals surface area contributed by atoms with Crippen LogP contribution in [0, 0.1) is 0 Å². The van der Waals surface area contributed by atoms with E-state index in [0.29, 0.717) is 0 Å². The van der Waals surface area contributed by atoms with Gasteiger partial charge in [0.05, 0.1) is 12.2 Å². The number of ether oxygens (including phenoxy) is 1. The van der Waals surface area contributed by atoms with Crippen LogP contribution in [0.25, 0.3) is 0 Å². The smallest absolute Gasteiger partial charge is 0.407 e. The molecule has 0 saturated heterocycles. The van der Waals surface area contributed by atoms with Gasteiger partial charge in [0.15, 0.2) is 0 Å². The van der Waals surface area contributed by atoms with Gasteiger partial charge in [0.1, 0.15) is 12.3 Å². The molecule has 0 radical (unpaired) electrons. The van der Waals surface area contributed by atoms with Gasteiger partial charge in [-0.2, -0.15) is 0 Å². The fourth-order valence-corrected chi connectivity index (χ4v) is 2.99. The van der Waals surface area contributed by atoms with Crippen LogP contribution in [0.3, 0.4) is 0 Å². The Morgan fingerprint density at radius 1 is 1.24 bits per heavy atom. The van der Waals surface area contributed by atoms with Gasteiger partial charge < -0.3 is 10.1 Å². The minimum atomic E-state index is -2.61. The molecule has 0 aliphatic heterocycles. The third kappa shape index (κ3) is 4.74. The van der Waals surface area contributed by atoms with Crippen molar-refractivity contribution in [2.75, 3.05) is 0 Å². The van der Waals surface area contributed by atoms with Gasteiger partial charge in [0.2, 0.25) is 0 Å². The van der Waals surface area contributed by atoms with Crippen LogP contribution in [0.5, 0.6) is 0 Å². The second-order valence-corrected chi connectivity index (χ2v) is 6.14. The van der Waals surface area contributed by atoms with E-state index in [0.717, 1.165) is 31.2 Å². The fourth-order valence-electron chi connectivity index (χ4n) is 2.99. The van der Waals surface area contributed by atoms with E-state index in [1.807, 2.05) is 30.3 Å². The van der Waals surface area contributed by atoms with Crippen molar-refractivity contribution in [3.8, 4) is 0 Å². The molecule has 3 rings (SSSR count). The molecule has 1 aromatic heterocycles. The minimum Gasteiger partial charge on any atom is -0.445 e. The standard InChI is InChI=1S/C17H20F2N4O2/c18-16(19)15-10-23(22-21-15)14-8-6-13(7-9-14)20-17(24)25-11-12-4-2-1-3-5-12/h1-5,10,13-14,16H,6-9,11H2,(H,20,24). The van der Waals surface area contributed by atoms with E-state index >= 15 is 0 Å². The molecule has 0 atom stereocenters. The van der Waals surface area contributed by atoms with Crippen LogP contribution in [-0.2, 0) is 11.3 Å². The van der Waals surface area contributed by atoms with Crippen LogP contribution in [-0.4, -0.2) is 27.1 Å².